The first-order valence-electron chi connectivity index (χ1n) is 10.7. The molecule has 150 valence electrons. The van der Waals surface area contributed by atoms with Gasteiger partial charge in [-0.2, -0.15) is 0 Å². The van der Waals surface area contributed by atoms with E-state index in [1.54, 1.807) is 6.07 Å². The van der Waals surface area contributed by atoms with Crippen molar-refractivity contribution in [2.75, 3.05) is 36.0 Å². The minimum Gasteiger partial charge on any atom is -0.371 e. The molecule has 2 saturated heterocycles. The fraction of sp³-hybridized carbons (Fsp3) is 0.522. The van der Waals surface area contributed by atoms with Gasteiger partial charge in [0.05, 0.1) is 0 Å². The Morgan fingerprint density at radius 2 is 1.54 bits per heavy atom. The maximum absolute atomic E-state index is 14.4. The summed E-state index contributed by atoms with van der Waals surface area (Å²) in [5, 5.41) is 3.41. The molecule has 0 atom stereocenters. The summed E-state index contributed by atoms with van der Waals surface area (Å²) < 4.78 is 14.4. The molecule has 28 heavy (non-hydrogen) atoms. The molecule has 0 aliphatic carbocycles. The molecule has 1 aromatic carbocycles. The second-order valence-corrected chi connectivity index (χ2v) is 7.96. The van der Waals surface area contributed by atoms with Crippen molar-refractivity contribution in [2.24, 2.45) is 0 Å². The van der Waals surface area contributed by atoms with Crippen LogP contribution in [0.1, 0.15) is 49.7 Å². The van der Waals surface area contributed by atoms with Crippen molar-refractivity contribution in [3.63, 3.8) is 0 Å². The number of benzene rings is 1. The first kappa shape index (κ1) is 19.2. The van der Waals surface area contributed by atoms with Gasteiger partial charge in [-0.15, -0.1) is 0 Å². The maximum Gasteiger partial charge on any atom is 0.129 e. The third-order valence-corrected chi connectivity index (χ3v) is 5.91. The molecule has 1 N–H and O–H groups in total. The molecular weight excluding hydrogens is 351 g/mol. The number of anilines is 2. The Morgan fingerprint density at radius 3 is 2.25 bits per heavy atom. The molecule has 0 radical (unpaired) electrons. The molecule has 2 aliphatic heterocycles. The number of halogens is 1. The summed E-state index contributed by atoms with van der Waals surface area (Å²) in [5.41, 5.74) is 2.95. The molecule has 1 aromatic heterocycles. The van der Waals surface area contributed by atoms with E-state index in [0.29, 0.717) is 13.1 Å². The average molecular weight is 383 g/mol. The van der Waals surface area contributed by atoms with Crippen LogP contribution in [0.2, 0.25) is 0 Å². The summed E-state index contributed by atoms with van der Waals surface area (Å²) in [6.45, 7) is 5.50. The van der Waals surface area contributed by atoms with E-state index in [1.165, 1.54) is 38.5 Å². The normalized spacial score (nSPS) is 17.8. The van der Waals surface area contributed by atoms with Gasteiger partial charge in [0.1, 0.15) is 11.6 Å². The molecule has 2 aromatic rings. The maximum atomic E-state index is 14.4. The van der Waals surface area contributed by atoms with E-state index in [1.807, 2.05) is 18.3 Å². The van der Waals surface area contributed by atoms with Gasteiger partial charge in [0, 0.05) is 56.7 Å². The Labute approximate surface area is 167 Å². The first-order valence-corrected chi connectivity index (χ1v) is 10.7. The van der Waals surface area contributed by atoms with Gasteiger partial charge < -0.3 is 15.1 Å². The summed E-state index contributed by atoms with van der Waals surface area (Å²) in [5.74, 6) is 0.961. The number of nitrogens with one attached hydrogen (secondary N) is 1. The van der Waals surface area contributed by atoms with Gasteiger partial charge in [0.25, 0.3) is 0 Å². The van der Waals surface area contributed by atoms with Crippen molar-refractivity contribution < 1.29 is 4.39 Å². The number of hydrogen-bond donors (Lipinski definition) is 1. The zero-order chi connectivity index (χ0) is 19.2. The summed E-state index contributed by atoms with van der Waals surface area (Å²) in [7, 11) is 0. The highest BCUT2D eigenvalue weighted by atomic mass is 19.1. The Bertz CT molecular complexity index is 748. The van der Waals surface area contributed by atoms with Crippen LogP contribution in [-0.2, 0) is 13.1 Å². The van der Waals surface area contributed by atoms with Gasteiger partial charge in [0.2, 0.25) is 0 Å². The van der Waals surface area contributed by atoms with Crippen molar-refractivity contribution >= 4 is 11.5 Å². The van der Waals surface area contributed by atoms with Crippen molar-refractivity contribution in [1.82, 2.24) is 10.3 Å². The molecule has 5 heteroatoms. The van der Waals surface area contributed by atoms with Crippen LogP contribution in [-0.4, -0.2) is 31.2 Å². The first-order chi connectivity index (χ1) is 13.8. The van der Waals surface area contributed by atoms with Gasteiger partial charge >= 0.3 is 0 Å². The molecule has 2 aliphatic rings. The van der Waals surface area contributed by atoms with E-state index in [9.17, 15) is 4.39 Å². The summed E-state index contributed by atoms with van der Waals surface area (Å²) >= 11 is 0. The molecule has 0 saturated carbocycles. The highest BCUT2D eigenvalue weighted by molar-refractivity contribution is 5.54. The smallest absolute Gasteiger partial charge is 0.129 e. The second kappa shape index (κ2) is 9.37. The lowest BCUT2D eigenvalue weighted by atomic mass is 10.1. The molecule has 0 unspecified atom stereocenters. The van der Waals surface area contributed by atoms with Crippen molar-refractivity contribution in [1.29, 1.82) is 0 Å². The fourth-order valence-corrected chi connectivity index (χ4v) is 4.32. The largest absolute Gasteiger partial charge is 0.371 e. The summed E-state index contributed by atoms with van der Waals surface area (Å²) in [6, 6.07) is 9.69. The quantitative estimate of drug-likeness (QED) is 0.798. The Balaban J connectivity index is 1.35. The predicted molar refractivity (Wildman–Crippen MR) is 113 cm³/mol. The summed E-state index contributed by atoms with van der Waals surface area (Å²) in [4.78, 5) is 9.37. The van der Waals surface area contributed by atoms with Crippen LogP contribution in [0.5, 0.6) is 0 Å². The topological polar surface area (TPSA) is 31.4 Å². The average Bonchev–Trinajstić information content (AvgIpc) is 3.12. The van der Waals surface area contributed by atoms with Crippen LogP contribution in [0.4, 0.5) is 15.9 Å². The van der Waals surface area contributed by atoms with Crippen LogP contribution in [0, 0.1) is 5.82 Å². The predicted octanol–water partition coefficient (Wildman–Crippen LogP) is 4.49. The van der Waals surface area contributed by atoms with Crippen LogP contribution >= 0.6 is 0 Å². The van der Waals surface area contributed by atoms with Crippen molar-refractivity contribution in [2.45, 2.75) is 51.6 Å². The van der Waals surface area contributed by atoms with Gasteiger partial charge in [-0.3, -0.25) is 0 Å². The number of pyridine rings is 1. The highest BCUT2D eigenvalue weighted by Crippen LogP contribution is 2.26. The van der Waals surface area contributed by atoms with Crippen LogP contribution < -0.4 is 15.1 Å². The monoisotopic (exact) mass is 382 g/mol. The molecule has 0 spiro atoms. The molecule has 3 heterocycles. The molecule has 0 bridgehead atoms. The standard InChI is InChI=1S/C23H31FN4/c24-21-8-7-9-22(27-12-5-6-13-27)20(21)18-25-16-19-10-11-23(26-17-19)28-14-3-1-2-4-15-28/h7-11,17,25H,1-6,12-16,18H2. The van der Waals surface area contributed by atoms with Crippen molar-refractivity contribution in [3.05, 3.63) is 53.5 Å². The minimum absolute atomic E-state index is 0.119. The van der Waals surface area contributed by atoms with Crippen LogP contribution in [0.15, 0.2) is 36.5 Å². The Hall–Kier alpha value is -2.14. The molecule has 4 rings (SSSR count). The van der Waals surface area contributed by atoms with Gasteiger partial charge in [-0.05, 0) is 49.4 Å². The molecule has 4 nitrogen and oxygen atoms in total. The fourth-order valence-electron chi connectivity index (χ4n) is 4.32. The summed E-state index contributed by atoms with van der Waals surface area (Å²) in [6.07, 6.45) is 9.51. The zero-order valence-electron chi connectivity index (χ0n) is 16.7. The third-order valence-electron chi connectivity index (χ3n) is 5.91. The lowest BCUT2D eigenvalue weighted by molar-refractivity contribution is 0.586. The molecular formula is C23H31FN4. The number of rotatable bonds is 6. The van der Waals surface area contributed by atoms with Crippen molar-refractivity contribution in [3.8, 4) is 0 Å². The van der Waals surface area contributed by atoms with Crippen LogP contribution in [0.25, 0.3) is 0 Å². The van der Waals surface area contributed by atoms with E-state index in [-0.39, 0.29) is 5.82 Å². The molecule has 2 fully saturated rings. The third kappa shape index (κ3) is 4.64. The second-order valence-electron chi connectivity index (χ2n) is 7.96. The van der Waals surface area contributed by atoms with E-state index in [4.69, 9.17) is 0 Å². The SMILES string of the molecule is Fc1cccc(N2CCCC2)c1CNCc1ccc(N2CCCCCC2)nc1. The molecule has 0 amide bonds. The van der Waals surface area contributed by atoms with E-state index in [0.717, 1.165) is 48.8 Å². The Morgan fingerprint density at radius 1 is 0.821 bits per heavy atom. The van der Waals surface area contributed by atoms with E-state index < -0.39 is 0 Å². The number of hydrogen-bond acceptors (Lipinski definition) is 4. The lowest BCUT2D eigenvalue weighted by Gasteiger charge is -2.22. The van der Waals surface area contributed by atoms with E-state index >= 15 is 0 Å². The minimum atomic E-state index is -0.119. The zero-order valence-corrected chi connectivity index (χ0v) is 16.7. The highest BCUT2D eigenvalue weighted by Gasteiger charge is 2.18. The van der Waals surface area contributed by atoms with Crippen LogP contribution in [0.3, 0.4) is 0 Å². The number of nitrogens with zero attached hydrogens (tertiary/aromatic N) is 3. The van der Waals surface area contributed by atoms with Gasteiger partial charge in [0.15, 0.2) is 0 Å². The van der Waals surface area contributed by atoms with Gasteiger partial charge in [-0.1, -0.05) is 25.0 Å². The Kier molecular flexibility index (Phi) is 6.42. The van der Waals surface area contributed by atoms with E-state index in [2.05, 4.69) is 32.2 Å². The van der Waals surface area contributed by atoms with Gasteiger partial charge in [-0.25, -0.2) is 9.37 Å². The number of aromatic nitrogens is 1. The lowest BCUT2D eigenvalue weighted by Crippen LogP contribution is -2.25.